The molecule has 154 valence electrons. The van der Waals surface area contributed by atoms with Crippen LogP contribution in [0, 0.1) is 0 Å². The Bertz CT molecular complexity index is 1110. The van der Waals surface area contributed by atoms with Crippen molar-refractivity contribution < 1.29 is 24.1 Å². The fraction of sp³-hybridized carbons (Fsp3) is 0.0476. The second-order valence-electron chi connectivity index (χ2n) is 6.46. The summed E-state index contributed by atoms with van der Waals surface area (Å²) in [7, 11) is 0. The lowest BCUT2D eigenvalue weighted by molar-refractivity contribution is 0.262. The molecule has 0 aliphatic rings. The maximum absolute atomic E-state index is 6.14. The summed E-state index contributed by atoms with van der Waals surface area (Å²) in [5.41, 5.74) is 0.695. The second kappa shape index (κ2) is 8.31. The van der Waals surface area contributed by atoms with Crippen molar-refractivity contribution in [2.24, 2.45) is 23.6 Å². The molecular formula is C21H20N4O5. The molecule has 0 aromatic heterocycles. The van der Waals surface area contributed by atoms with Crippen molar-refractivity contribution in [1.29, 1.82) is 0 Å². The zero-order chi connectivity index (χ0) is 21.1. The quantitative estimate of drug-likeness (QED) is 0.338. The van der Waals surface area contributed by atoms with E-state index in [2.05, 4.69) is 0 Å². The fourth-order valence-corrected chi connectivity index (χ4v) is 3.38. The Kier molecular flexibility index (Phi) is 5.42. The molecule has 0 aliphatic carbocycles. The van der Waals surface area contributed by atoms with E-state index >= 15 is 0 Å². The molecule has 0 heterocycles. The lowest BCUT2D eigenvalue weighted by Gasteiger charge is -2.16. The van der Waals surface area contributed by atoms with E-state index in [0.29, 0.717) is 39.7 Å². The summed E-state index contributed by atoms with van der Waals surface area (Å²) in [4.78, 5) is 19.8. The van der Waals surface area contributed by atoms with Crippen molar-refractivity contribution in [1.82, 2.24) is 0 Å². The second-order valence-corrected chi connectivity index (χ2v) is 6.46. The van der Waals surface area contributed by atoms with Gasteiger partial charge in [-0.05, 0) is 52.6 Å². The number of fused-ring (bicyclic) bond motifs is 2. The topological polar surface area (TPSA) is 150 Å². The van der Waals surface area contributed by atoms with Gasteiger partial charge in [-0.25, -0.2) is 0 Å². The Hall–Kier alpha value is -3.76. The van der Waals surface area contributed by atoms with Crippen molar-refractivity contribution in [3.8, 4) is 28.7 Å². The van der Waals surface area contributed by atoms with Gasteiger partial charge in [0.05, 0.1) is 0 Å². The first-order chi connectivity index (χ1) is 14.7. The average Bonchev–Trinajstić information content (AvgIpc) is 2.81. The van der Waals surface area contributed by atoms with Gasteiger partial charge >= 0.3 is 0 Å². The van der Waals surface area contributed by atoms with Crippen LogP contribution in [0.1, 0.15) is 5.56 Å². The number of nitrogens with two attached hydrogens (primary N) is 4. The maximum Gasteiger partial charge on any atom is 0.189 e. The Labute approximate surface area is 171 Å². The molecule has 9 nitrogen and oxygen atoms in total. The van der Waals surface area contributed by atoms with Crippen LogP contribution in [0.5, 0.6) is 28.7 Å². The predicted molar refractivity (Wildman–Crippen MR) is 111 cm³/mol. The van der Waals surface area contributed by atoms with E-state index in [1.807, 2.05) is 24.3 Å². The molecule has 0 aliphatic heterocycles. The monoisotopic (exact) mass is 408 g/mol. The first kappa shape index (κ1) is 19.6. The van der Waals surface area contributed by atoms with Gasteiger partial charge in [0.1, 0.15) is 18.1 Å². The van der Waals surface area contributed by atoms with Crippen LogP contribution >= 0.6 is 0 Å². The van der Waals surface area contributed by atoms with Gasteiger partial charge in [0.2, 0.25) is 0 Å². The highest BCUT2D eigenvalue weighted by Gasteiger charge is 2.16. The maximum atomic E-state index is 6.14. The smallest absolute Gasteiger partial charge is 0.189 e. The van der Waals surface area contributed by atoms with Gasteiger partial charge in [-0.3, -0.25) is 0 Å². The Morgan fingerprint density at radius 3 is 1.70 bits per heavy atom. The van der Waals surface area contributed by atoms with E-state index in [1.165, 1.54) is 0 Å². The molecule has 0 spiro atoms. The Morgan fingerprint density at radius 1 is 0.567 bits per heavy atom. The summed E-state index contributed by atoms with van der Waals surface area (Å²) < 4.78 is 6.14. The summed E-state index contributed by atoms with van der Waals surface area (Å²) in [5, 5.41) is 3.34. The molecule has 4 rings (SSSR count). The molecule has 8 N–H and O–H groups in total. The van der Waals surface area contributed by atoms with E-state index in [9.17, 15) is 0 Å². The van der Waals surface area contributed by atoms with E-state index in [-0.39, 0.29) is 6.61 Å². The van der Waals surface area contributed by atoms with Crippen molar-refractivity contribution in [3.63, 3.8) is 0 Å². The van der Waals surface area contributed by atoms with Crippen molar-refractivity contribution in [2.45, 2.75) is 6.61 Å². The predicted octanol–water partition coefficient (Wildman–Crippen LogP) is 2.58. The minimum atomic E-state index is 0.0983. The first-order valence-corrected chi connectivity index (χ1v) is 8.90. The van der Waals surface area contributed by atoms with Crippen LogP contribution in [-0.4, -0.2) is 0 Å². The van der Waals surface area contributed by atoms with Crippen LogP contribution in [-0.2, 0) is 6.61 Å². The highest BCUT2D eigenvalue weighted by molar-refractivity contribution is 5.92. The molecule has 0 bridgehead atoms. The minimum Gasteiger partial charge on any atom is -0.484 e. The fourth-order valence-electron chi connectivity index (χ4n) is 3.38. The third-order valence-corrected chi connectivity index (χ3v) is 4.86. The van der Waals surface area contributed by atoms with E-state index in [0.717, 1.165) is 16.2 Å². The van der Waals surface area contributed by atoms with Crippen LogP contribution in [0.25, 0.3) is 21.5 Å². The SMILES string of the molecule is NOc1ccc2ccc(ON)c(COc3c(ON)ccc4ccc(ON)cc34)c2c1. The first-order valence-electron chi connectivity index (χ1n) is 8.90. The normalized spacial score (nSPS) is 10.8. The lowest BCUT2D eigenvalue weighted by Crippen LogP contribution is -2.09. The third kappa shape index (κ3) is 3.49. The van der Waals surface area contributed by atoms with Gasteiger partial charge in [-0.2, -0.15) is 23.6 Å². The molecule has 0 atom stereocenters. The van der Waals surface area contributed by atoms with Crippen molar-refractivity contribution in [2.75, 3.05) is 0 Å². The number of benzene rings is 4. The summed E-state index contributed by atoms with van der Waals surface area (Å²) >= 11 is 0. The van der Waals surface area contributed by atoms with Crippen molar-refractivity contribution in [3.05, 3.63) is 66.2 Å². The van der Waals surface area contributed by atoms with Gasteiger partial charge < -0.3 is 24.1 Å². The molecule has 30 heavy (non-hydrogen) atoms. The Morgan fingerprint density at radius 2 is 1.10 bits per heavy atom. The number of ether oxygens (including phenoxy) is 1. The van der Waals surface area contributed by atoms with E-state index in [1.54, 1.807) is 36.4 Å². The van der Waals surface area contributed by atoms with Crippen molar-refractivity contribution >= 4 is 21.5 Å². The molecule has 0 unspecified atom stereocenters. The molecule has 0 radical (unpaired) electrons. The van der Waals surface area contributed by atoms with Gasteiger partial charge in [0, 0.05) is 10.9 Å². The molecule has 4 aromatic rings. The Balaban J connectivity index is 1.81. The van der Waals surface area contributed by atoms with Crippen LogP contribution in [0.4, 0.5) is 0 Å². The summed E-state index contributed by atoms with van der Waals surface area (Å²) in [5.74, 6) is 23.7. The van der Waals surface area contributed by atoms with Crippen LogP contribution < -0.4 is 47.7 Å². The summed E-state index contributed by atoms with van der Waals surface area (Å²) in [6.07, 6.45) is 0. The highest BCUT2D eigenvalue weighted by Crippen LogP contribution is 2.39. The third-order valence-electron chi connectivity index (χ3n) is 4.86. The average molecular weight is 408 g/mol. The molecule has 0 saturated carbocycles. The lowest BCUT2D eigenvalue weighted by atomic mass is 10.0. The minimum absolute atomic E-state index is 0.0983. The van der Waals surface area contributed by atoms with E-state index < -0.39 is 0 Å². The van der Waals surface area contributed by atoms with Gasteiger partial charge in [0.25, 0.3) is 0 Å². The molecule has 4 aromatic carbocycles. The molecule has 9 heteroatoms. The van der Waals surface area contributed by atoms with Gasteiger partial charge in [-0.1, -0.05) is 24.3 Å². The molecule has 0 amide bonds. The number of hydrogen-bond acceptors (Lipinski definition) is 9. The van der Waals surface area contributed by atoms with Crippen LogP contribution in [0.3, 0.4) is 0 Å². The molecule has 0 fully saturated rings. The largest absolute Gasteiger partial charge is 0.484 e. The summed E-state index contributed by atoms with van der Waals surface area (Å²) in [6, 6.07) is 17.9. The standard InChI is InChI=1S/C21H20N4O5/c22-27-14-5-1-12-3-7-19(29-24)18(16(12)9-14)11-26-21-17-10-15(28-23)6-2-13(17)4-8-20(21)30-25/h1-10H,11,22-25H2. The molecule has 0 saturated heterocycles. The van der Waals surface area contributed by atoms with Gasteiger partial charge in [-0.15, -0.1) is 0 Å². The number of hydrogen-bond donors (Lipinski definition) is 4. The van der Waals surface area contributed by atoms with Crippen LogP contribution in [0.2, 0.25) is 0 Å². The molecular weight excluding hydrogens is 388 g/mol. The van der Waals surface area contributed by atoms with Gasteiger partial charge in [0.15, 0.2) is 17.2 Å². The van der Waals surface area contributed by atoms with E-state index in [4.69, 9.17) is 47.7 Å². The highest BCUT2D eigenvalue weighted by atomic mass is 16.6. The summed E-state index contributed by atoms with van der Waals surface area (Å²) in [6.45, 7) is 0.0983. The zero-order valence-electron chi connectivity index (χ0n) is 15.8. The zero-order valence-corrected chi connectivity index (χ0v) is 15.8. The number of rotatable bonds is 7. The van der Waals surface area contributed by atoms with Crippen LogP contribution in [0.15, 0.2) is 60.7 Å².